The second-order valence-electron chi connectivity index (χ2n) is 5.37. The van der Waals surface area contributed by atoms with E-state index in [4.69, 9.17) is 5.73 Å². The number of aryl methyl sites for hydroxylation is 1. The van der Waals surface area contributed by atoms with Crippen molar-refractivity contribution in [2.24, 2.45) is 11.1 Å². The Bertz CT molecular complexity index is 473. The lowest BCUT2D eigenvalue weighted by molar-refractivity contribution is -0.125. The fourth-order valence-corrected chi connectivity index (χ4v) is 2.53. The van der Waals surface area contributed by atoms with Crippen molar-refractivity contribution in [1.82, 2.24) is 0 Å². The minimum absolute atomic E-state index is 0.0266. The smallest absolute Gasteiger partial charge is 0.231 e. The highest BCUT2D eigenvalue weighted by molar-refractivity contribution is 5.96. The second kappa shape index (κ2) is 4.61. The summed E-state index contributed by atoms with van der Waals surface area (Å²) in [5.74, 6) is 0.176. The van der Waals surface area contributed by atoms with Gasteiger partial charge in [-0.15, -0.1) is 0 Å². The molecule has 18 heavy (non-hydrogen) atoms. The van der Waals surface area contributed by atoms with Crippen LogP contribution in [0.1, 0.15) is 31.7 Å². The molecule has 0 spiro atoms. The number of nitrogens with one attached hydrogen (secondary N) is 1. The van der Waals surface area contributed by atoms with Gasteiger partial charge in [0.05, 0.1) is 5.41 Å². The lowest BCUT2D eigenvalue weighted by Gasteiger charge is -2.27. The van der Waals surface area contributed by atoms with Crippen LogP contribution in [0.2, 0.25) is 0 Å². The van der Waals surface area contributed by atoms with Gasteiger partial charge in [-0.2, -0.15) is 0 Å². The van der Waals surface area contributed by atoms with E-state index in [2.05, 4.69) is 5.32 Å². The average molecular weight is 248 g/mol. The highest BCUT2D eigenvalue weighted by Gasteiger charge is 2.42. The number of phenolic OH excluding ortho intramolecular Hbond substituents is 1. The summed E-state index contributed by atoms with van der Waals surface area (Å²) in [5.41, 5.74) is 7.13. The quantitative estimate of drug-likeness (QED) is 0.702. The van der Waals surface area contributed by atoms with Crippen LogP contribution in [0.5, 0.6) is 5.75 Å². The van der Waals surface area contributed by atoms with Crippen LogP contribution in [0.4, 0.5) is 5.69 Å². The molecule has 1 aromatic carbocycles. The number of carbonyl (C=O) groups is 1. The van der Waals surface area contributed by atoms with E-state index in [0.29, 0.717) is 0 Å². The van der Waals surface area contributed by atoms with Gasteiger partial charge in [0.2, 0.25) is 5.91 Å². The molecule has 0 aliphatic heterocycles. The number of aromatic hydroxyl groups is 1. The van der Waals surface area contributed by atoms with Crippen molar-refractivity contribution >= 4 is 11.6 Å². The van der Waals surface area contributed by atoms with E-state index in [1.165, 1.54) is 0 Å². The van der Waals surface area contributed by atoms with Gasteiger partial charge < -0.3 is 16.2 Å². The first kappa shape index (κ1) is 12.9. The lowest BCUT2D eigenvalue weighted by Crippen LogP contribution is -2.44. The van der Waals surface area contributed by atoms with Gasteiger partial charge in [0, 0.05) is 11.7 Å². The number of hydrogen-bond donors (Lipinski definition) is 3. The number of amides is 1. The molecule has 0 saturated heterocycles. The number of hydrogen-bond acceptors (Lipinski definition) is 3. The van der Waals surface area contributed by atoms with E-state index in [0.717, 1.165) is 30.5 Å². The van der Waals surface area contributed by atoms with Gasteiger partial charge in [-0.25, -0.2) is 0 Å². The number of benzene rings is 1. The van der Waals surface area contributed by atoms with Gasteiger partial charge in [0.15, 0.2) is 0 Å². The third-order valence-corrected chi connectivity index (χ3v) is 4.01. The van der Waals surface area contributed by atoms with Crippen LogP contribution in [0.25, 0.3) is 0 Å². The first-order valence-corrected chi connectivity index (χ1v) is 6.30. The molecule has 98 valence electrons. The molecule has 0 bridgehead atoms. The summed E-state index contributed by atoms with van der Waals surface area (Å²) in [7, 11) is 0. The second-order valence-corrected chi connectivity index (χ2v) is 5.37. The minimum Gasteiger partial charge on any atom is -0.508 e. The SMILES string of the molecule is Cc1cc(O)ccc1NC(=O)C1(C)CCCC1N. The Morgan fingerprint density at radius 2 is 2.28 bits per heavy atom. The third kappa shape index (κ3) is 2.20. The molecule has 2 atom stereocenters. The Labute approximate surface area is 107 Å². The molecule has 1 aromatic rings. The Kier molecular flexibility index (Phi) is 3.30. The van der Waals surface area contributed by atoms with Gasteiger partial charge in [0.1, 0.15) is 5.75 Å². The third-order valence-electron chi connectivity index (χ3n) is 4.01. The Hall–Kier alpha value is -1.55. The van der Waals surface area contributed by atoms with Crippen LogP contribution in [-0.2, 0) is 4.79 Å². The van der Waals surface area contributed by atoms with Crippen molar-refractivity contribution in [3.63, 3.8) is 0 Å². The standard InChI is InChI=1S/C14H20N2O2/c1-9-8-10(17)5-6-11(9)16-13(18)14(2)7-3-4-12(14)15/h5-6,8,12,17H,3-4,7,15H2,1-2H3,(H,16,18). The maximum atomic E-state index is 12.3. The van der Waals surface area contributed by atoms with Crippen LogP contribution in [0.15, 0.2) is 18.2 Å². The highest BCUT2D eigenvalue weighted by Crippen LogP contribution is 2.38. The number of phenols is 1. The topological polar surface area (TPSA) is 75.3 Å². The molecular weight excluding hydrogens is 228 g/mol. The first-order valence-electron chi connectivity index (χ1n) is 6.30. The summed E-state index contributed by atoms with van der Waals surface area (Å²) in [5, 5.41) is 12.3. The molecule has 1 aliphatic carbocycles. The van der Waals surface area contributed by atoms with Crippen LogP contribution in [0.3, 0.4) is 0 Å². The molecule has 0 radical (unpaired) electrons. The maximum absolute atomic E-state index is 12.3. The van der Waals surface area contributed by atoms with Gasteiger partial charge in [0.25, 0.3) is 0 Å². The van der Waals surface area contributed by atoms with Crippen molar-refractivity contribution in [2.45, 2.75) is 39.2 Å². The maximum Gasteiger partial charge on any atom is 0.231 e. The first-order chi connectivity index (χ1) is 8.43. The summed E-state index contributed by atoms with van der Waals surface area (Å²) in [6.07, 6.45) is 2.73. The molecule has 4 heteroatoms. The van der Waals surface area contributed by atoms with E-state index in [-0.39, 0.29) is 17.7 Å². The fourth-order valence-electron chi connectivity index (χ4n) is 2.53. The van der Waals surface area contributed by atoms with E-state index >= 15 is 0 Å². The summed E-state index contributed by atoms with van der Waals surface area (Å²) in [6, 6.07) is 4.84. The molecule has 0 aromatic heterocycles. The highest BCUT2D eigenvalue weighted by atomic mass is 16.3. The number of anilines is 1. The monoisotopic (exact) mass is 248 g/mol. The van der Waals surface area contributed by atoms with Crippen molar-refractivity contribution in [1.29, 1.82) is 0 Å². The van der Waals surface area contributed by atoms with Gasteiger partial charge in [-0.1, -0.05) is 6.42 Å². The molecule has 2 rings (SSSR count). The largest absolute Gasteiger partial charge is 0.508 e. The zero-order chi connectivity index (χ0) is 13.3. The van der Waals surface area contributed by atoms with Crippen LogP contribution < -0.4 is 11.1 Å². The Balaban J connectivity index is 2.16. The van der Waals surface area contributed by atoms with Gasteiger partial charge >= 0.3 is 0 Å². The molecule has 1 amide bonds. The number of nitrogens with two attached hydrogens (primary N) is 1. The molecule has 4 nitrogen and oxygen atoms in total. The fraction of sp³-hybridized carbons (Fsp3) is 0.500. The molecule has 0 heterocycles. The van der Waals surface area contributed by atoms with E-state index in [1.807, 2.05) is 13.8 Å². The van der Waals surface area contributed by atoms with Crippen LogP contribution in [-0.4, -0.2) is 17.1 Å². The summed E-state index contributed by atoms with van der Waals surface area (Å²) >= 11 is 0. The predicted molar refractivity (Wildman–Crippen MR) is 71.4 cm³/mol. The van der Waals surface area contributed by atoms with E-state index in [9.17, 15) is 9.90 Å². The summed E-state index contributed by atoms with van der Waals surface area (Å²) < 4.78 is 0. The summed E-state index contributed by atoms with van der Waals surface area (Å²) in [4.78, 5) is 12.3. The number of carbonyl (C=O) groups excluding carboxylic acids is 1. The molecule has 1 aliphatic rings. The van der Waals surface area contributed by atoms with E-state index < -0.39 is 5.41 Å². The normalized spacial score (nSPS) is 27.2. The van der Waals surface area contributed by atoms with Crippen molar-refractivity contribution in [3.05, 3.63) is 23.8 Å². The van der Waals surface area contributed by atoms with Gasteiger partial charge in [-0.3, -0.25) is 4.79 Å². The molecule has 1 saturated carbocycles. The minimum atomic E-state index is -0.482. The van der Waals surface area contributed by atoms with Crippen LogP contribution in [0, 0.1) is 12.3 Å². The van der Waals surface area contributed by atoms with Gasteiger partial charge in [-0.05, 0) is 50.5 Å². The molecule has 1 fully saturated rings. The Morgan fingerprint density at radius 1 is 1.56 bits per heavy atom. The predicted octanol–water partition coefficient (Wildman–Crippen LogP) is 2.16. The number of rotatable bonds is 2. The van der Waals surface area contributed by atoms with Crippen molar-refractivity contribution < 1.29 is 9.90 Å². The summed E-state index contributed by atoms with van der Waals surface area (Å²) in [6.45, 7) is 3.78. The molecule has 2 unspecified atom stereocenters. The Morgan fingerprint density at radius 3 is 2.83 bits per heavy atom. The van der Waals surface area contributed by atoms with Crippen LogP contribution >= 0.6 is 0 Å². The average Bonchev–Trinajstić information content (AvgIpc) is 2.64. The van der Waals surface area contributed by atoms with Crippen molar-refractivity contribution in [3.8, 4) is 5.75 Å². The molecule has 4 N–H and O–H groups in total. The van der Waals surface area contributed by atoms with Crippen molar-refractivity contribution in [2.75, 3.05) is 5.32 Å². The zero-order valence-electron chi connectivity index (χ0n) is 10.9. The van der Waals surface area contributed by atoms with E-state index in [1.54, 1.807) is 18.2 Å². The lowest BCUT2D eigenvalue weighted by atomic mass is 9.84. The zero-order valence-corrected chi connectivity index (χ0v) is 10.9. The molecular formula is C14H20N2O2.